The van der Waals surface area contributed by atoms with Crippen LogP contribution in [0.2, 0.25) is 0 Å². The van der Waals surface area contributed by atoms with Gasteiger partial charge in [-0.25, -0.2) is 4.79 Å². The van der Waals surface area contributed by atoms with Crippen LogP contribution in [0, 0.1) is 11.3 Å². The maximum absolute atomic E-state index is 11.5. The Morgan fingerprint density at radius 2 is 2.33 bits per heavy atom. The summed E-state index contributed by atoms with van der Waals surface area (Å²) >= 11 is 0. The monoisotopic (exact) mass is 203 g/mol. The van der Waals surface area contributed by atoms with E-state index in [-0.39, 0.29) is 5.97 Å². The van der Waals surface area contributed by atoms with Crippen molar-refractivity contribution in [2.45, 2.75) is 19.8 Å². The minimum Gasteiger partial charge on any atom is -0.462 e. The summed E-state index contributed by atoms with van der Waals surface area (Å²) in [5, 5.41) is 8.52. The van der Waals surface area contributed by atoms with Crippen molar-refractivity contribution in [3.63, 3.8) is 0 Å². The number of carbonyl (C=O) groups is 1. The van der Waals surface area contributed by atoms with Crippen LogP contribution in [0.3, 0.4) is 0 Å². The molecule has 0 aromatic heterocycles. The first-order valence-corrected chi connectivity index (χ1v) is 4.91. The molecule has 0 heterocycles. The Bertz CT molecular complexity index is 379. The predicted octanol–water partition coefficient (Wildman–Crippen LogP) is 2.32. The van der Waals surface area contributed by atoms with Crippen LogP contribution in [-0.4, -0.2) is 12.6 Å². The van der Waals surface area contributed by atoms with E-state index >= 15 is 0 Å². The molecule has 15 heavy (non-hydrogen) atoms. The van der Waals surface area contributed by atoms with Crippen LogP contribution in [0.1, 0.15) is 29.3 Å². The van der Waals surface area contributed by atoms with Gasteiger partial charge in [-0.1, -0.05) is 19.1 Å². The number of nitriles is 1. The standard InChI is InChI=1S/C12H13NO2/c1-2-8-15-12(14)11-5-3-4-10(9-11)6-7-13/h3-5,9H,2,6,8H2,1H3. The predicted molar refractivity (Wildman–Crippen MR) is 56.3 cm³/mol. The Hall–Kier alpha value is -1.82. The van der Waals surface area contributed by atoms with Gasteiger partial charge in [0.15, 0.2) is 0 Å². The van der Waals surface area contributed by atoms with Crippen LogP contribution in [-0.2, 0) is 11.2 Å². The van der Waals surface area contributed by atoms with Gasteiger partial charge in [-0.15, -0.1) is 0 Å². The molecule has 0 N–H and O–H groups in total. The minimum atomic E-state index is -0.323. The van der Waals surface area contributed by atoms with Gasteiger partial charge >= 0.3 is 5.97 Å². The molecule has 0 unspecified atom stereocenters. The molecule has 3 heteroatoms. The third-order valence-corrected chi connectivity index (χ3v) is 1.88. The molecule has 0 saturated heterocycles. The molecule has 78 valence electrons. The van der Waals surface area contributed by atoms with E-state index in [9.17, 15) is 4.79 Å². The number of nitrogens with zero attached hydrogens (tertiary/aromatic N) is 1. The lowest BCUT2D eigenvalue weighted by Gasteiger charge is -2.03. The van der Waals surface area contributed by atoms with Crippen molar-refractivity contribution in [2.75, 3.05) is 6.61 Å². The first kappa shape index (κ1) is 11.3. The van der Waals surface area contributed by atoms with Gasteiger partial charge in [0.25, 0.3) is 0 Å². The Balaban J connectivity index is 2.72. The summed E-state index contributed by atoms with van der Waals surface area (Å²) in [6.07, 6.45) is 1.12. The molecule has 0 aliphatic rings. The van der Waals surface area contributed by atoms with Crippen molar-refractivity contribution < 1.29 is 9.53 Å². The van der Waals surface area contributed by atoms with E-state index in [2.05, 4.69) is 0 Å². The van der Waals surface area contributed by atoms with E-state index in [1.807, 2.05) is 19.1 Å². The molecule has 1 aromatic rings. The van der Waals surface area contributed by atoms with Gasteiger partial charge in [-0.05, 0) is 24.1 Å². The Kier molecular flexibility index (Phi) is 4.36. The molecule has 0 saturated carbocycles. The van der Waals surface area contributed by atoms with E-state index in [1.54, 1.807) is 18.2 Å². The molecule has 0 fully saturated rings. The van der Waals surface area contributed by atoms with Crippen LogP contribution in [0.4, 0.5) is 0 Å². The lowest BCUT2D eigenvalue weighted by molar-refractivity contribution is 0.0505. The number of hydrogen-bond donors (Lipinski definition) is 0. The van der Waals surface area contributed by atoms with Crippen molar-refractivity contribution in [1.29, 1.82) is 5.26 Å². The van der Waals surface area contributed by atoms with Crippen molar-refractivity contribution >= 4 is 5.97 Å². The Morgan fingerprint density at radius 1 is 1.53 bits per heavy atom. The highest BCUT2D eigenvalue weighted by Gasteiger charge is 2.06. The van der Waals surface area contributed by atoms with Gasteiger partial charge < -0.3 is 4.74 Å². The second-order valence-corrected chi connectivity index (χ2v) is 3.17. The van der Waals surface area contributed by atoms with Crippen LogP contribution in [0.25, 0.3) is 0 Å². The Morgan fingerprint density at radius 3 is 3.00 bits per heavy atom. The van der Waals surface area contributed by atoms with Gasteiger partial charge in [-0.3, -0.25) is 0 Å². The van der Waals surface area contributed by atoms with Crippen molar-refractivity contribution in [1.82, 2.24) is 0 Å². The molecule has 1 aromatic carbocycles. The first-order chi connectivity index (χ1) is 7.27. The molecular formula is C12H13NO2. The number of benzene rings is 1. The summed E-state index contributed by atoms with van der Waals surface area (Å²) in [7, 11) is 0. The average molecular weight is 203 g/mol. The Labute approximate surface area is 89.3 Å². The SMILES string of the molecule is CCCOC(=O)c1cccc(CC#N)c1. The summed E-state index contributed by atoms with van der Waals surface area (Å²) < 4.78 is 4.99. The molecule has 0 aliphatic heterocycles. The molecule has 0 radical (unpaired) electrons. The fourth-order valence-corrected chi connectivity index (χ4v) is 1.18. The number of hydrogen-bond acceptors (Lipinski definition) is 3. The molecule has 3 nitrogen and oxygen atoms in total. The third kappa shape index (κ3) is 3.43. The fourth-order valence-electron chi connectivity index (χ4n) is 1.18. The van der Waals surface area contributed by atoms with E-state index in [0.29, 0.717) is 18.6 Å². The molecule has 1 rings (SSSR count). The second-order valence-electron chi connectivity index (χ2n) is 3.17. The quantitative estimate of drug-likeness (QED) is 0.705. The molecule has 0 spiro atoms. The van der Waals surface area contributed by atoms with Crippen LogP contribution < -0.4 is 0 Å². The zero-order chi connectivity index (χ0) is 11.1. The third-order valence-electron chi connectivity index (χ3n) is 1.88. The van der Waals surface area contributed by atoms with Crippen LogP contribution >= 0.6 is 0 Å². The van der Waals surface area contributed by atoms with E-state index < -0.39 is 0 Å². The smallest absolute Gasteiger partial charge is 0.338 e. The van der Waals surface area contributed by atoms with Gasteiger partial charge in [-0.2, -0.15) is 5.26 Å². The van der Waals surface area contributed by atoms with Gasteiger partial charge in [0.05, 0.1) is 24.7 Å². The lowest BCUT2D eigenvalue weighted by atomic mass is 10.1. The van der Waals surface area contributed by atoms with Gasteiger partial charge in [0.1, 0.15) is 0 Å². The normalized spacial score (nSPS) is 9.33. The van der Waals surface area contributed by atoms with E-state index in [1.165, 1.54) is 0 Å². The van der Waals surface area contributed by atoms with Gasteiger partial charge in [0.2, 0.25) is 0 Å². The van der Waals surface area contributed by atoms with Crippen LogP contribution in [0.5, 0.6) is 0 Å². The molecule has 0 atom stereocenters. The highest BCUT2D eigenvalue weighted by molar-refractivity contribution is 5.89. The summed E-state index contributed by atoms with van der Waals surface area (Å²) in [4.78, 5) is 11.5. The highest BCUT2D eigenvalue weighted by Crippen LogP contribution is 2.07. The highest BCUT2D eigenvalue weighted by atomic mass is 16.5. The fraction of sp³-hybridized carbons (Fsp3) is 0.333. The number of rotatable bonds is 4. The minimum absolute atomic E-state index is 0.314. The second kappa shape index (κ2) is 5.82. The summed E-state index contributed by atoms with van der Waals surface area (Å²) in [5.41, 5.74) is 1.35. The van der Waals surface area contributed by atoms with Crippen molar-refractivity contribution in [3.8, 4) is 6.07 Å². The number of esters is 1. The van der Waals surface area contributed by atoms with E-state index in [0.717, 1.165) is 12.0 Å². The maximum atomic E-state index is 11.5. The molecule has 0 amide bonds. The van der Waals surface area contributed by atoms with Gasteiger partial charge in [0, 0.05) is 0 Å². The maximum Gasteiger partial charge on any atom is 0.338 e. The van der Waals surface area contributed by atoms with Crippen molar-refractivity contribution in [2.24, 2.45) is 0 Å². The lowest BCUT2D eigenvalue weighted by Crippen LogP contribution is -2.06. The van der Waals surface area contributed by atoms with Crippen molar-refractivity contribution in [3.05, 3.63) is 35.4 Å². The summed E-state index contributed by atoms with van der Waals surface area (Å²) in [6.45, 7) is 2.38. The average Bonchev–Trinajstić information content (AvgIpc) is 2.27. The summed E-state index contributed by atoms with van der Waals surface area (Å²) in [6, 6.07) is 9.01. The zero-order valence-electron chi connectivity index (χ0n) is 8.69. The van der Waals surface area contributed by atoms with E-state index in [4.69, 9.17) is 10.00 Å². The zero-order valence-corrected chi connectivity index (χ0v) is 8.69. The number of ether oxygens (including phenoxy) is 1. The molecular weight excluding hydrogens is 190 g/mol. The summed E-state index contributed by atoms with van der Waals surface area (Å²) in [5.74, 6) is -0.323. The van der Waals surface area contributed by atoms with Crippen LogP contribution in [0.15, 0.2) is 24.3 Å². The molecule has 0 aliphatic carbocycles. The largest absolute Gasteiger partial charge is 0.462 e. The first-order valence-electron chi connectivity index (χ1n) is 4.91. The number of carbonyl (C=O) groups excluding carboxylic acids is 1. The molecule has 0 bridgehead atoms. The topological polar surface area (TPSA) is 50.1 Å².